The Balaban J connectivity index is 1.33. The number of anilines is 1. The average Bonchev–Trinajstić information content (AvgIpc) is 2.76. The van der Waals surface area contributed by atoms with Crippen molar-refractivity contribution in [2.24, 2.45) is 0 Å². The number of ether oxygens (including phenoxy) is 1. The molecule has 2 heterocycles. The SMILES string of the molecule is CCN1CCN(c2ccc(CNC(=O)CCCOc3cccc(Br)c3)cn2)CC1. The van der Waals surface area contributed by atoms with Crippen LogP contribution < -0.4 is 15.0 Å². The van der Waals surface area contributed by atoms with Crippen LogP contribution in [0.1, 0.15) is 25.3 Å². The summed E-state index contributed by atoms with van der Waals surface area (Å²) < 4.78 is 6.64. The van der Waals surface area contributed by atoms with E-state index >= 15 is 0 Å². The second-order valence-corrected chi connectivity index (χ2v) is 8.05. The van der Waals surface area contributed by atoms with Crippen LogP contribution in [-0.4, -0.2) is 55.1 Å². The number of amides is 1. The van der Waals surface area contributed by atoms with Crippen LogP contribution in [0.2, 0.25) is 0 Å². The molecule has 1 saturated heterocycles. The maximum Gasteiger partial charge on any atom is 0.220 e. The predicted octanol–water partition coefficient (Wildman–Crippen LogP) is 3.46. The minimum absolute atomic E-state index is 0.0302. The van der Waals surface area contributed by atoms with Gasteiger partial charge in [-0.3, -0.25) is 4.79 Å². The molecule has 156 valence electrons. The average molecular weight is 461 g/mol. The van der Waals surface area contributed by atoms with Crippen molar-refractivity contribution >= 4 is 27.7 Å². The maximum absolute atomic E-state index is 12.0. The lowest BCUT2D eigenvalue weighted by Crippen LogP contribution is -2.46. The summed E-state index contributed by atoms with van der Waals surface area (Å²) in [5.74, 6) is 1.85. The number of nitrogens with zero attached hydrogens (tertiary/aromatic N) is 3. The number of hydrogen-bond donors (Lipinski definition) is 1. The van der Waals surface area contributed by atoms with Crippen LogP contribution in [-0.2, 0) is 11.3 Å². The predicted molar refractivity (Wildman–Crippen MR) is 119 cm³/mol. The number of hydrogen-bond acceptors (Lipinski definition) is 5. The summed E-state index contributed by atoms with van der Waals surface area (Å²) in [6, 6.07) is 11.8. The molecule has 1 aliphatic heterocycles. The molecular weight excluding hydrogens is 432 g/mol. The van der Waals surface area contributed by atoms with Gasteiger partial charge in [0.2, 0.25) is 5.91 Å². The summed E-state index contributed by atoms with van der Waals surface area (Å²) in [6.07, 6.45) is 2.98. The molecule has 0 spiro atoms. The van der Waals surface area contributed by atoms with Crippen LogP contribution in [0, 0.1) is 0 Å². The van der Waals surface area contributed by atoms with Crippen LogP contribution in [0.15, 0.2) is 47.1 Å². The zero-order valence-electron chi connectivity index (χ0n) is 16.9. The van der Waals surface area contributed by atoms with Crippen LogP contribution in [0.3, 0.4) is 0 Å². The van der Waals surface area contributed by atoms with E-state index in [4.69, 9.17) is 4.74 Å². The highest BCUT2D eigenvalue weighted by Gasteiger charge is 2.16. The summed E-state index contributed by atoms with van der Waals surface area (Å²) >= 11 is 3.42. The number of likely N-dealkylation sites (N-methyl/N-ethyl adjacent to an activating group) is 1. The summed E-state index contributed by atoms with van der Waals surface area (Å²) in [4.78, 5) is 21.4. The first-order valence-corrected chi connectivity index (χ1v) is 11.0. The third-order valence-electron chi connectivity index (χ3n) is 5.06. The van der Waals surface area contributed by atoms with Crippen molar-refractivity contribution in [2.75, 3.05) is 44.2 Å². The van der Waals surface area contributed by atoms with E-state index in [9.17, 15) is 4.79 Å². The molecule has 1 N–H and O–H groups in total. The second-order valence-electron chi connectivity index (χ2n) is 7.13. The molecular formula is C22H29BrN4O2. The van der Waals surface area contributed by atoms with Gasteiger partial charge < -0.3 is 19.9 Å². The van der Waals surface area contributed by atoms with E-state index in [1.165, 1.54) is 0 Å². The third-order valence-corrected chi connectivity index (χ3v) is 5.55. The molecule has 7 heteroatoms. The van der Waals surface area contributed by atoms with Crippen LogP contribution in [0.5, 0.6) is 5.75 Å². The fourth-order valence-corrected chi connectivity index (χ4v) is 3.65. The summed E-state index contributed by atoms with van der Waals surface area (Å²) in [6.45, 7) is 8.52. The monoisotopic (exact) mass is 460 g/mol. The molecule has 1 aliphatic rings. The number of pyridine rings is 1. The van der Waals surface area contributed by atoms with Crippen molar-refractivity contribution in [2.45, 2.75) is 26.3 Å². The maximum atomic E-state index is 12.0. The van der Waals surface area contributed by atoms with Crippen molar-refractivity contribution in [1.29, 1.82) is 0 Å². The number of carbonyl (C=O) groups is 1. The lowest BCUT2D eigenvalue weighted by atomic mass is 10.2. The lowest BCUT2D eigenvalue weighted by Gasteiger charge is -2.34. The van der Waals surface area contributed by atoms with Gasteiger partial charge in [-0.2, -0.15) is 0 Å². The summed E-state index contributed by atoms with van der Waals surface area (Å²) in [5.41, 5.74) is 1.01. The quantitative estimate of drug-likeness (QED) is 0.580. The normalized spacial score (nSPS) is 14.6. The fourth-order valence-electron chi connectivity index (χ4n) is 3.27. The van der Waals surface area contributed by atoms with Gasteiger partial charge in [0, 0.05) is 49.8 Å². The van der Waals surface area contributed by atoms with Gasteiger partial charge in [-0.15, -0.1) is 0 Å². The van der Waals surface area contributed by atoms with Crippen LogP contribution in [0.25, 0.3) is 0 Å². The summed E-state index contributed by atoms with van der Waals surface area (Å²) in [5, 5.41) is 2.96. The molecule has 6 nitrogen and oxygen atoms in total. The minimum Gasteiger partial charge on any atom is -0.494 e. The van der Waals surface area contributed by atoms with E-state index in [-0.39, 0.29) is 5.91 Å². The topological polar surface area (TPSA) is 57.7 Å². The number of nitrogens with one attached hydrogen (secondary N) is 1. The molecule has 0 saturated carbocycles. The standard InChI is InChI=1S/C22H29BrN4O2/c1-2-26-10-12-27(13-11-26)21-9-8-18(16-24-21)17-25-22(28)7-4-14-29-20-6-3-5-19(23)15-20/h3,5-6,8-9,15-16H,2,4,7,10-14,17H2,1H3,(H,25,28). The number of benzene rings is 1. The molecule has 0 radical (unpaired) electrons. The Bertz CT molecular complexity index is 777. The number of halogens is 1. The van der Waals surface area contributed by atoms with Gasteiger partial charge in [0.15, 0.2) is 0 Å². The van der Waals surface area contributed by atoms with Gasteiger partial charge in [0.05, 0.1) is 6.61 Å². The Hall–Kier alpha value is -2.12. The number of carbonyl (C=O) groups excluding carboxylic acids is 1. The van der Waals surface area contributed by atoms with E-state index in [1.807, 2.05) is 36.5 Å². The smallest absolute Gasteiger partial charge is 0.220 e. The van der Waals surface area contributed by atoms with Crippen molar-refractivity contribution < 1.29 is 9.53 Å². The third kappa shape index (κ3) is 7.01. The zero-order chi connectivity index (χ0) is 20.5. The highest BCUT2D eigenvalue weighted by molar-refractivity contribution is 9.10. The number of aromatic nitrogens is 1. The number of rotatable bonds is 9. The van der Waals surface area contributed by atoms with Gasteiger partial charge in [-0.05, 0) is 42.8 Å². The van der Waals surface area contributed by atoms with Crippen LogP contribution >= 0.6 is 15.9 Å². The Morgan fingerprint density at radius 3 is 2.72 bits per heavy atom. The van der Waals surface area contributed by atoms with Crippen LogP contribution in [0.4, 0.5) is 5.82 Å². The first kappa shape index (κ1) is 21.6. The largest absolute Gasteiger partial charge is 0.494 e. The highest BCUT2D eigenvalue weighted by atomic mass is 79.9. The highest BCUT2D eigenvalue weighted by Crippen LogP contribution is 2.18. The van der Waals surface area contributed by atoms with Crippen molar-refractivity contribution in [3.63, 3.8) is 0 Å². The van der Waals surface area contributed by atoms with Crippen molar-refractivity contribution in [3.05, 3.63) is 52.6 Å². The Kier molecular flexibility index (Phi) is 8.31. The summed E-state index contributed by atoms with van der Waals surface area (Å²) in [7, 11) is 0. The van der Waals surface area contributed by atoms with Gasteiger partial charge in [0.1, 0.15) is 11.6 Å². The Morgan fingerprint density at radius 2 is 2.03 bits per heavy atom. The van der Waals surface area contributed by atoms with E-state index in [0.717, 1.165) is 54.3 Å². The second kappa shape index (κ2) is 11.2. The van der Waals surface area contributed by atoms with Gasteiger partial charge in [0.25, 0.3) is 0 Å². The van der Waals surface area contributed by atoms with Gasteiger partial charge >= 0.3 is 0 Å². The molecule has 0 atom stereocenters. The van der Waals surface area contributed by atoms with Gasteiger partial charge in [-0.25, -0.2) is 4.98 Å². The first-order valence-electron chi connectivity index (χ1n) is 10.2. The van der Waals surface area contributed by atoms with E-state index in [2.05, 4.69) is 49.0 Å². The lowest BCUT2D eigenvalue weighted by molar-refractivity contribution is -0.121. The van der Waals surface area contributed by atoms with Gasteiger partial charge in [-0.1, -0.05) is 35.0 Å². The van der Waals surface area contributed by atoms with E-state index in [0.29, 0.717) is 26.0 Å². The zero-order valence-corrected chi connectivity index (χ0v) is 18.5. The molecule has 1 aromatic carbocycles. The molecule has 0 bridgehead atoms. The Morgan fingerprint density at radius 1 is 1.21 bits per heavy atom. The molecule has 0 unspecified atom stereocenters. The number of piperazine rings is 1. The van der Waals surface area contributed by atoms with E-state index in [1.54, 1.807) is 0 Å². The molecule has 1 fully saturated rings. The molecule has 1 aromatic heterocycles. The fraction of sp³-hybridized carbons (Fsp3) is 0.455. The molecule has 2 aromatic rings. The van der Waals surface area contributed by atoms with E-state index < -0.39 is 0 Å². The molecule has 0 aliphatic carbocycles. The molecule has 1 amide bonds. The molecule has 29 heavy (non-hydrogen) atoms. The van der Waals surface area contributed by atoms with Crippen molar-refractivity contribution in [1.82, 2.24) is 15.2 Å². The van der Waals surface area contributed by atoms with Crippen molar-refractivity contribution in [3.8, 4) is 5.75 Å². The first-order chi connectivity index (χ1) is 14.1. The molecule has 3 rings (SSSR count). The minimum atomic E-state index is 0.0302. The Labute approximate surface area is 181 Å².